The van der Waals surface area contributed by atoms with Crippen molar-refractivity contribution < 1.29 is 33.3 Å². The van der Waals surface area contributed by atoms with Crippen molar-refractivity contribution in [3.8, 4) is 11.1 Å². The van der Waals surface area contributed by atoms with Gasteiger partial charge in [0.25, 0.3) is 11.8 Å². The predicted octanol–water partition coefficient (Wildman–Crippen LogP) is 3.53. The average molecular weight is 916 g/mol. The van der Waals surface area contributed by atoms with Gasteiger partial charge in [-0.15, -0.1) is 0 Å². The minimum atomic E-state index is -1.57. The van der Waals surface area contributed by atoms with Crippen LogP contribution in [0.3, 0.4) is 0 Å². The van der Waals surface area contributed by atoms with E-state index in [0.29, 0.717) is 62.6 Å². The van der Waals surface area contributed by atoms with Crippen LogP contribution in [0.15, 0.2) is 48.5 Å². The number of unbranched alkanes of at least 4 members (excludes halogenated alkanes) is 3. The number of nitrogens with one attached hydrogen (secondary N) is 5. The largest absolute Gasteiger partial charge is 0.497 e. The van der Waals surface area contributed by atoms with E-state index >= 15 is 0 Å². The molecule has 16 nitrogen and oxygen atoms in total. The van der Waals surface area contributed by atoms with Crippen LogP contribution in [0.25, 0.3) is 11.1 Å². The van der Waals surface area contributed by atoms with Crippen molar-refractivity contribution in [1.82, 2.24) is 26.6 Å². The second-order valence-electron chi connectivity index (χ2n) is 19.9. The standard InChI is InChI=1S/C49H78BN9O7/c1-7-8-13-31-17-19-32(20-18-31)33-21-23-34(24-22-33)42(60)55-36(14-9-11-26-51)43(61)56-37(15-10-12-27-52)44(62)58-41(53)46(64)57-38(25-16-30(2)3)45(63)59-47(54)50-65-40-29-35-28-39(48(35,4)5)49(40,6)66-50/h17-24,30,35-41,47H,7-16,25-29,51-54H2,1-6H3,(H,55,60)(H,56,61)(H,57,64)(H,58,62)(H,59,63)/t35-,36-,37-,38-,39-,40?,41+,47+,49-/m0/s1. The van der Waals surface area contributed by atoms with Crippen molar-refractivity contribution in [2.75, 3.05) is 13.1 Å². The van der Waals surface area contributed by atoms with Gasteiger partial charge < -0.3 is 58.8 Å². The molecule has 1 saturated heterocycles. The molecule has 2 aromatic carbocycles. The number of amides is 5. The number of hydrogen-bond donors (Lipinski definition) is 9. The van der Waals surface area contributed by atoms with E-state index in [1.165, 1.54) is 5.56 Å². The minimum Gasteiger partial charge on any atom is -0.403 e. The summed E-state index contributed by atoms with van der Waals surface area (Å²) in [6.45, 7) is 13.5. The van der Waals surface area contributed by atoms with Crippen molar-refractivity contribution in [2.24, 2.45) is 46.1 Å². The molecular formula is C49H78BN9O7. The van der Waals surface area contributed by atoms with Gasteiger partial charge in [0.15, 0.2) is 6.17 Å². The Morgan fingerprint density at radius 2 is 1.23 bits per heavy atom. The van der Waals surface area contributed by atoms with Crippen LogP contribution >= 0.6 is 0 Å². The molecule has 6 rings (SSSR count). The molecule has 2 bridgehead atoms. The maximum absolute atomic E-state index is 13.9. The fourth-order valence-electron chi connectivity index (χ4n) is 9.83. The molecule has 3 aliphatic carbocycles. The first-order valence-electron chi connectivity index (χ1n) is 24.4. The van der Waals surface area contributed by atoms with Crippen molar-refractivity contribution >= 4 is 36.7 Å². The first kappa shape index (κ1) is 52.6. The number of rotatable bonds is 26. The molecule has 0 aromatic heterocycles. The van der Waals surface area contributed by atoms with E-state index in [1.807, 2.05) is 26.0 Å². The zero-order valence-corrected chi connectivity index (χ0v) is 40.2. The number of hydrogen-bond acceptors (Lipinski definition) is 11. The molecule has 3 saturated carbocycles. The molecule has 5 amide bonds. The SMILES string of the molecule is CCCCc1ccc(-c2ccc(C(=O)N[C@@H](CCCCN)C(=O)N[C@@H](CCCCN)C(=O)N[C@@H](N)C(=O)N[C@@H](CCC(C)C)C(=O)N[C@@H](N)B3OC4C[C@@H]5C[C@@H](C5(C)C)[C@]4(C)O3)cc2)cc1. The molecule has 4 fully saturated rings. The first-order chi connectivity index (χ1) is 31.4. The van der Waals surface area contributed by atoms with Gasteiger partial charge in [-0.1, -0.05) is 77.4 Å². The quantitative estimate of drug-likeness (QED) is 0.0374. The van der Waals surface area contributed by atoms with Gasteiger partial charge >= 0.3 is 7.12 Å². The number of benzene rings is 2. The van der Waals surface area contributed by atoms with Gasteiger partial charge in [-0.05, 0) is 149 Å². The molecule has 66 heavy (non-hydrogen) atoms. The average Bonchev–Trinajstić information content (AvgIpc) is 3.66. The van der Waals surface area contributed by atoms with Crippen LogP contribution < -0.4 is 49.5 Å². The summed E-state index contributed by atoms with van der Waals surface area (Å²) in [7, 11) is -0.863. The summed E-state index contributed by atoms with van der Waals surface area (Å²) in [6.07, 6.45) is 7.11. The van der Waals surface area contributed by atoms with Gasteiger partial charge in [-0.3, -0.25) is 24.0 Å². The molecule has 17 heteroatoms. The van der Waals surface area contributed by atoms with E-state index in [-0.39, 0.29) is 36.7 Å². The van der Waals surface area contributed by atoms with Crippen LogP contribution in [-0.4, -0.2) is 91.8 Å². The number of aryl methyl sites for hydroxylation is 1. The Labute approximate surface area is 392 Å². The topological polar surface area (TPSA) is 268 Å². The zero-order chi connectivity index (χ0) is 48.2. The maximum Gasteiger partial charge on any atom is 0.497 e. The number of carbonyl (C=O) groups excluding carboxylic acids is 5. The third-order valence-corrected chi connectivity index (χ3v) is 14.2. The smallest absolute Gasteiger partial charge is 0.403 e. The Morgan fingerprint density at radius 1 is 0.682 bits per heavy atom. The summed E-state index contributed by atoms with van der Waals surface area (Å²) in [5.74, 6) is -2.00. The minimum absolute atomic E-state index is 0.127. The molecule has 1 heterocycles. The van der Waals surface area contributed by atoms with Crippen LogP contribution in [0.1, 0.15) is 135 Å². The zero-order valence-electron chi connectivity index (χ0n) is 40.2. The fourth-order valence-corrected chi connectivity index (χ4v) is 9.83. The Hall–Kier alpha value is -4.39. The molecular weight excluding hydrogens is 837 g/mol. The van der Waals surface area contributed by atoms with E-state index in [1.54, 1.807) is 12.1 Å². The van der Waals surface area contributed by atoms with Crippen molar-refractivity contribution in [1.29, 1.82) is 0 Å². The van der Waals surface area contributed by atoms with Crippen LogP contribution in [0.4, 0.5) is 0 Å². The van der Waals surface area contributed by atoms with Crippen LogP contribution in [0, 0.1) is 23.2 Å². The fraction of sp³-hybridized carbons (Fsp3) is 0.653. The van der Waals surface area contributed by atoms with Gasteiger partial charge in [-0.2, -0.15) is 0 Å². The van der Waals surface area contributed by atoms with Crippen molar-refractivity contribution in [3.63, 3.8) is 0 Å². The summed E-state index contributed by atoms with van der Waals surface area (Å²) >= 11 is 0. The van der Waals surface area contributed by atoms with Gasteiger partial charge in [0.05, 0.1) is 11.7 Å². The molecule has 2 aromatic rings. The molecule has 0 radical (unpaired) electrons. The van der Waals surface area contributed by atoms with E-state index in [9.17, 15) is 24.0 Å². The molecule has 0 spiro atoms. The highest BCUT2D eigenvalue weighted by atomic mass is 16.7. The van der Waals surface area contributed by atoms with Crippen molar-refractivity contribution in [2.45, 2.75) is 167 Å². The summed E-state index contributed by atoms with van der Waals surface area (Å²) < 4.78 is 12.7. The molecule has 1 aliphatic heterocycles. The van der Waals surface area contributed by atoms with E-state index < -0.39 is 72.6 Å². The monoisotopic (exact) mass is 916 g/mol. The Balaban J connectivity index is 1.19. The third-order valence-electron chi connectivity index (χ3n) is 14.2. The third kappa shape index (κ3) is 13.4. The van der Waals surface area contributed by atoms with E-state index in [2.05, 4.69) is 78.5 Å². The van der Waals surface area contributed by atoms with Crippen LogP contribution in [0.2, 0.25) is 0 Å². The lowest BCUT2D eigenvalue weighted by Gasteiger charge is -2.64. The van der Waals surface area contributed by atoms with Gasteiger partial charge in [0.2, 0.25) is 17.7 Å². The summed E-state index contributed by atoms with van der Waals surface area (Å²) in [5.41, 5.74) is 27.5. The highest BCUT2D eigenvalue weighted by molar-refractivity contribution is 6.47. The number of carbonyl (C=O) groups is 5. The first-order valence-corrected chi connectivity index (χ1v) is 24.4. The lowest BCUT2D eigenvalue weighted by atomic mass is 9.43. The molecule has 13 N–H and O–H groups in total. The molecule has 364 valence electrons. The number of nitrogens with two attached hydrogens (primary N) is 4. The normalized spacial score (nSPS) is 22.8. The summed E-state index contributed by atoms with van der Waals surface area (Å²) in [5, 5.41) is 13.7. The highest BCUT2D eigenvalue weighted by Crippen LogP contribution is 2.65. The van der Waals surface area contributed by atoms with Gasteiger partial charge in [0.1, 0.15) is 24.2 Å². The highest BCUT2D eigenvalue weighted by Gasteiger charge is 2.68. The molecule has 4 aliphatic rings. The second kappa shape index (κ2) is 24.1. The van der Waals surface area contributed by atoms with E-state index in [0.717, 1.165) is 43.2 Å². The molecule has 9 atom stereocenters. The summed E-state index contributed by atoms with van der Waals surface area (Å²) in [4.78, 5) is 68.6. The van der Waals surface area contributed by atoms with Gasteiger partial charge in [0, 0.05) is 5.56 Å². The predicted molar refractivity (Wildman–Crippen MR) is 258 cm³/mol. The van der Waals surface area contributed by atoms with Crippen molar-refractivity contribution in [3.05, 3.63) is 59.7 Å². The van der Waals surface area contributed by atoms with Crippen LogP contribution in [0.5, 0.6) is 0 Å². The second-order valence-corrected chi connectivity index (χ2v) is 19.9. The Morgan fingerprint density at radius 3 is 1.80 bits per heavy atom. The molecule has 1 unspecified atom stereocenters. The maximum atomic E-state index is 13.9. The Bertz CT molecular complexity index is 1940. The van der Waals surface area contributed by atoms with Crippen LogP contribution in [-0.2, 0) is 34.9 Å². The lowest BCUT2D eigenvalue weighted by Crippen LogP contribution is -2.65. The van der Waals surface area contributed by atoms with E-state index in [4.69, 9.17) is 32.2 Å². The van der Waals surface area contributed by atoms with Gasteiger partial charge in [-0.25, -0.2) is 0 Å². The Kier molecular flexibility index (Phi) is 19.2. The lowest BCUT2D eigenvalue weighted by molar-refractivity contribution is -0.199. The summed E-state index contributed by atoms with van der Waals surface area (Å²) in [6, 6.07) is 11.5.